The van der Waals surface area contributed by atoms with E-state index in [1.165, 1.54) is 44.8 Å². The molecule has 1 N–H and O–H groups in total. The Morgan fingerprint density at radius 1 is 1.15 bits per heavy atom. The van der Waals surface area contributed by atoms with Crippen LogP contribution in [0.5, 0.6) is 0 Å². The van der Waals surface area contributed by atoms with Crippen LogP contribution < -0.4 is 0 Å². The van der Waals surface area contributed by atoms with Gasteiger partial charge < -0.3 is 9.84 Å². The molecule has 0 unspecified atom stereocenters. The molecule has 0 aromatic heterocycles. The van der Waals surface area contributed by atoms with Crippen molar-refractivity contribution in [3.8, 4) is 0 Å². The zero-order valence-electron chi connectivity index (χ0n) is 17.5. The van der Waals surface area contributed by atoms with Crippen LogP contribution >= 0.6 is 0 Å². The molecule has 0 bridgehead atoms. The van der Waals surface area contributed by atoms with Crippen molar-refractivity contribution in [3.05, 3.63) is 23.8 Å². The van der Waals surface area contributed by atoms with Crippen molar-refractivity contribution >= 4 is 5.97 Å². The summed E-state index contributed by atoms with van der Waals surface area (Å²) in [5, 5.41) is 10.6. The van der Waals surface area contributed by atoms with Gasteiger partial charge in [0.2, 0.25) is 0 Å². The van der Waals surface area contributed by atoms with Gasteiger partial charge in [-0.1, -0.05) is 31.6 Å². The van der Waals surface area contributed by atoms with Crippen molar-refractivity contribution in [2.24, 2.45) is 34.5 Å². The van der Waals surface area contributed by atoms with Gasteiger partial charge in [0, 0.05) is 6.08 Å². The molecule has 3 heteroatoms. The van der Waals surface area contributed by atoms with E-state index < -0.39 is 5.60 Å². The van der Waals surface area contributed by atoms with Crippen LogP contribution in [0.2, 0.25) is 0 Å². The smallest absolute Gasteiger partial charge is 0.330 e. The lowest BCUT2D eigenvalue weighted by atomic mass is 9.46. The van der Waals surface area contributed by atoms with E-state index in [9.17, 15) is 9.90 Å². The predicted octanol–water partition coefficient (Wildman–Crippen LogP) is 5.05. The number of ether oxygens (including phenoxy) is 1. The Labute approximate surface area is 164 Å². The first kappa shape index (κ1) is 19.2. The zero-order valence-corrected chi connectivity index (χ0v) is 17.5. The zero-order chi connectivity index (χ0) is 19.4. The van der Waals surface area contributed by atoms with E-state index in [2.05, 4.69) is 26.0 Å². The second kappa shape index (κ2) is 6.47. The third kappa shape index (κ3) is 3.01. The molecule has 3 fully saturated rings. The number of esters is 1. The summed E-state index contributed by atoms with van der Waals surface area (Å²) >= 11 is 0. The lowest BCUT2D eigenvalue weighted by molar-refractivity contribution is -0.134. The molecule has 0 aromatic carbocycles. The summed E-state index contributed by atoms with van der Waals surface area (Å²) in [6.45, 7) is 6.96. The molecule has 0 saturated heterocycles. The van der Waals surface area contributed by atoms with Gasteiger partial charge >= 0.3 is 5.97 Å². The number of allylic oxidation sites excluding steroid dienone is 2. The highest BCUT2D eigenvalue weighted by Crippen LogP contribution is 2.66. The average Bonchev–Trinajstić information content (AvgIpc) is 2.96. The van der Waals surface area contributed by atoms with E-state index >= 15 is 0 Å². The minimum Gasteiger partial charge on any atom is -0.466 e. The van der Waals surface area contributed by atoms with Gasteiger partial charge in [0.25, 0.3) is 0 Å². The fraction of sp³-hybridized carbons (Fsp3) is 0.792. The maximum absolute atomic E-state index is 11.6. The molecule has 7 atom stereocenters. The second-order valence-corrected chi connectivity index (χ2v) is 10.5. The highest BCUT2D eigenvalue weighted by molar-refractivity contribution is 5.81. The second-order valence-electron chi connectivity index (χ2n) is 10.5. The lowest BCUT2D eigenvalue weighted by Crippen LogP contribution is -2.51. The molecule has 0 amide bonds. The number of aliphatic hydroxyl groups is 1. The number of fused-ring (bicyclic) bond motifs is 5. The van der Waals surface area contributed by atoms with Gasteiger partial charge in [0.05, 0.1) is 12.7 Å². The van der Waals surface area contributed by atoms with Gasteiger partial charge in [-0.25, -0.2) is 4.79 Å². The fourth-order valence-electron chi connectivity index (χ4n) is 7.42. The quantitative estimate of drug-likeness (QED) is 0.419. The third-order valence-electron chi connectivity index (χ3n) is 9.12. The van der Waals surface area contributed by atoms with Crippen LogP contribution in [0, 0.1) is 34.5 Å². The molecule has 150 valence electrons. The van der Waals surface area contributed by atoms with Gasteiger partial charge in [-0.2, -0.15) is 0 Å². The number of carbonyl (C=O) groups excluding carboxylic acids is 1. The number of rotatable bonds is 2. The van der Waals surface area contributed by atoms with Crippen molar-refractivity contribution in [1.29, 1.82) is 0 Å². The molecule has 0 aliphatic heterocycles. The van der Waals surface area contributed by atoms with Gasteiger partial charge in [0.15, 0.2) is 0 Å². The van der Waals surface area contributed by atoms with Crippen molar-refractivity contribution in [2.75, 3.05) is 7.11 Å². The molecular formula is C24H36O3. The van der Waals surface area contributed by atoms with Crippen LogP contribution in [-0.4, -0.2) is 23.8 Å². The Balaban J connectivity index is 1.58. The van der Waals surface area contributed by atoms with Gasteiger partial charge in [-0.05, 0) is 92.8 Å². The van der Waals surface area contributed by atoms with E-state index in [4.69, 9.17) is 4.74 Å². The summed E-state index contributed by atoms with van der Waals surface area (Å²) in [5.74, 6) is 2.53. The van der Waals surface area contributed by atoms with Crippen molar-refractivity contribution in [2.45, 2.75) is 77.7 Å². The molecule has 0 radical (unpaired) electrons. The standard InChI is InChI=1S/C24H36O3/c1-22(26)13-14-24(3)17(15-22)5-8-18-19-9-6-16(7-10-21(25)27-4)23(19,2)12-11-20(18)24/h5,7,10,16,18-20,26H,6,8-9,11-15H2,1-4H3/b10-7+/t16-,18+,19+,20+,22+,23-,24+/m1/s1. The van der Waals surface area contributed by atoms with Crippen LogP contribution in [0.1, 0.15) is 72.1 Å². The maximum Gasteiger partial charge on any atom is 0.330 e. The number of hydrogen-bond acceptors (Lipinski definition) is 3. The minimum absolute atomic E-state index is 0.234. The first-order valence-corrected chi connectivity index (χ1v) is 10.9. The van der Waals surface area contributed by atoms with Crippen LogP contribution in [0.15, 0.2) is 23.8 Å². The molecule has 0 aromatic rings. The van der Waals surface area contributed by atoms with Crippen LogP contribution in [-0.2, 0) is 9.53 Å². The van der Waals surface area contributed by atoms with E-state index in [1.807, 2.05) is 6.92 Å². The molecule has 4 rings (SSSR count). The van der Waals surface area contributed by atoms with Crippen LogP contribution in [0.25, 0.3) is 0 Å². The van der Waals surface area contributed by atoms with E-state index in [-0.39, 0.29) is 11.4 Å². The highest BCUT2D eigenvalue weighted by atomic mass is 16.5. The summed E-state index contributed by atoms with van der Waals surface area (Å²) < 4.78 is 4.80. The number of hydrogen-bond donors (Lipinski definition) is 1. The Kier molecular flexibility index (Phi) is 4.61. The molecule has 3 nitrogen and oxygen atoms in total. The SMILES string of the molecule is COC(=O)/C=C/[C@H]1CC[C@H]2[C@@H]3CC=C4C[C@@](C)(O)CC[C@]4(C)[C@H]3CC[C@]12C. The monoisotopic (exact) mass is 372 g/mol. The van der Waals surface area contributed by atoms with Crippen molar-refractivity contribution < 1.29 is 14.6 Å². The van der Waals surface area contributed by atoms with Crippen molar-refractivity contribution in [1.82, 2.24) is 0 Å². The molecule has 27 heavy (non-hydrogen) atoms. The first-order chi connectivity index (χ1) is 12.7. The highest BCUT2D eigenvalue weighted by Gasteiger charge is 2.58. The Bertz CT molecular complexity index is 675. The van der Waals surface area contributed by atoms with Crippen LogP contribution in [0.3, 0.4) is 0 Å². The molecule has 0 spiro atoms. The number of carbonyl (C=O) groups is 1. The fourth-order valence-corrected chi connectivity index (χ4v) is 7.42. The maximum atomic E-state index is 11.6. The third-order valence-corrected chi connectivity index (χ3v) is 9.12. The summed E-state index contributed by atoms with van der Waals surface area (Å²) in [7, 11) is 1.45. The summed E-state index contributed by atoms with van der Waals surface area (Å²) in [5.41, 5.74) is 1.61. The minimum atomic E-state index is -0.515. The van der Waals surface area contributed by atoms with Gasteiger partial charge in [-0.15, -0.1) is 0 Å². The van der Waals surface area contributed by atoms with Crippen LogP contribution in [0.4, 0.5) is 0 Å². The van der Waals surface area contributed by atoms with Gasteiger partial charge in [-0.3, -0.25) is 0 Å². The topological polar surface area (TPSA) is 46.5 Å². The summed E-state index contributed by atoms with van der Waals surface area (Å²) in [6.07, 6.45) is 15.4. The molecule has 4 aliphatic rings. The number of methoxy groups -OCH3 is 1. The first-order valence-electron chi connectivity index (χ1n) is 10.9. The Morgan fingerprint density at radius 3 is 2.67 bits per heavy atom. The molecule has 4 aliphatic carbocycles. The molecule has 0 heterocycles. The normalized spacial score (nSPS) is 49.1. The van der Waals surface area contributed by atoms with E-state index in [0.29, 0.717) is 11.3 Å². The summed E-state index contributed by atoms with van der Waals surface area (Å²) in [6, 6.07) is 0. The Hall–Kier alpha value is -1.09. The predicted molar refractivity (Wildman–Crippen MR) is 107 cm³/mol. The Morgan fingerprint density at radius 2 is 1.93 bits per heavy atom. The van der Waals surface area contributed by atoms with Crippen molar-refractivity contribution in [3.63, 3.8) is 0 Å². The lowest BCUT2D eigenvalue weighted by Gasteiger charge is -2.58. The molecule has 3 saturated carbocycles. The largest absolute Gasteiger partial charge is 0.466 e. The van der Waals surface area contributed by atoms with Gasteiger partial charge in [0.1, 0.15) is 0 Å². The van der Waals surface area contributed by atoms with E-state index in [1.54, 1.807) is 6.08 Å². The molecular weight excluding hydrogens is 336 g/mol. The average molecular weight is 373 g/mol. The summed E-state index contributed by atoms with van der Waals surface area (Å²) in [4.78, 5) is 11.6. The van der Waals surface area contributed by atoms with E-state index in [0.717, 1.165) is 37.0 Å².